The van der Waals surface area contributed by atoms with Crippen molar-refractivity contribution < 1.29 is 28.6 Å². The Bertz CT molecular complexity index is 841. The first-order valence-corrected chi connectivity index (χ1v) is 24.9. The van der Waals surface area contributed by atoms with E-state index in [0.717, 1.165) is 63.7 Å². The van der Waals surface area contributed by atoms with Gasteiger partial charge < -0.3 is 14.2 Å². The molecule has 0 spiro atoms. The van der Waals surface area contributed by atoms with Crippen LogP contribution in [0.15, 0.2) is 0 Å². The van der Waals surface area contributed by atoms with Gasteiger partial charge in [-0.25, -0.2) is 0 Å². The van der Waals surface area contributed by atoms with Gasteiger partial charge in [0.25, 0.3) is 0 Å². The van der Waals surface area contributed by atoms with Crippen LogP contribution in [0.4, 0.5) is 0 Å². The molecule has 0 bridgehead atoms. The van der Waals surface area contributed by atoms with Gasteiger partial charge in [0.2, 0.25) is 0 Å². The molecule has 0 unspecified atom stereocenters. The Labute approximate surface area is 348 Å². The molecule has 0 aliphatic carbocycles. The molecule has 56 heavy (non-hydrogen) atoms. The quantitative estimate of drug-likeness (QED) is 0.0347. The summed E-state index contributed by atoms with van der Waals surface area (Å²) in [4.78, 5) is 37.8. The van der Waals surface area contributed by atoms with Gasteiger partial charge in [-0.2, -0.15) is 0 Å². The summed E-state index contributed by atoms with van der Waals surface area (Å²) in [5.41, 5.74) is 0. The largest absolute Gasteiger partial charge is 0.462 e. The van der Waals surface area contributed by atoms with Crippen molar-refractivity contribution in [3.05, 3.63) is 0 Å². The van der Waals surface area contributed by atoms with E-state index in [0.29, 0.717) is 19.3 Å². The highest BCUT2D eigenvalue weighted by Crippen LogP contribution is 2.17. The second kappa shape index (κ2) is 44.5. The molecule has 0 N–H and O–H groups in total. The average molecular weight is 793 g/mol. The Balaban J connectivity index is 4.32. The smallest absolute Gasteiger partial charge is 0.306 e. The molecule has 0 rings (SSSR count). The number of ether oxygens (including phenoxy) is 3. The molecular formula is C50H96O6. The normalized spacial score (nSPS) is 11.9. The van der Waals surface area contributed by atoms with Crippen molar-refractivity contribution in [3.63, 3.8) is 0 Å². The molecule has 0 saturated heterocycles. The van der Waals surface area contributed by atoms with Crippen LogP contribution >= 0.6 is 0 Å². The maximum atomic E-state index is 12.8. The predicted molar refractivity (Wildman–Crippen MR) is 238 cm³/mol. The zero-order chi connectivity index (χ0) is 41.0. The van der Waals surface area contributed by atoms with Gasteiger partial charge in [-0.1, -0.05) is 240 Å². The Hall–Kier alpha value is -1.59. The van der Waals surface area contributed by atoms with Crippen molar-refractivity contribution in [2.24, 2.45) is 5.92 Å². The first-order valence-electron chi connectivity index (χ1n) is 24.9. The highest BCUT2D eigenvalue weighted by Gasteiger charge is 2.19. The van der Waals surface area contributed by atoms with Crippen LogP contribution in [-0.4, -0.2) is 37.2 Å². The van der Waals surface area contributed by atoms with Crippen LogP contribution in [0.25, 0.3) is 0 Å². The van der Waals surface area contributed by atoms with Crippen molar-refractivity contribution in [2.45, 2.75) is 284 Å². The van der Waals surface area contributed by atoms with Crippen molar-refractivity contribution in [1.29, 1.82) is 0 Å². The minimum atomic E-state index is -0.760. The molecule has 0 aromatic heterocycles. The highest BCUT2D eigenvalue weighted by atomic mass is 16.6. The number of carbonyl (C=O) groups is 3. The molecule has 0 aliphatic rings. The number of hydrogen-bond acceptors (Lipinski definition) is 6. The van der Waals surface area contributed by atoms with Gasteiger partial charge in [-0.05, 0) is 25.2 Å². The molecule has 0 radical (unpaired) electrons. The van der Waals surface area contributed by atoms with E-state index < -0.39 is 6.10 Å². The SMILES string of the molecule is CCCCCCCCCCCCCCCCC(=O)O[C@H](COC(=O)CCCCCCCCCCCCCC)COC(=O)CCCCCCCCCCCC(C)C. The number of hydrogen-bond donors (Lipinski definition) is 0. The first kappa shape index (κ1) is 54.4. The van der Waals surface area contributed by atoms with E-state index in [2.05, 4.69) is 27.7 Å². The van der Waals surface area contributed by atoms with Crippen molar-refractivity contribution in [2.75, 3.05) is 13.2 Å². The van der Waals surface area contributed by atoms with E-state index in [-0.39, 0.29) is 31.1 Å². The molecule has 0 aliphatic heterocycles. The van der Waals surface area contributed by atoms with E-state index in [1.165, 1.54) is 173 Å². The van der Waals surface area contributed by atoms with Crippen LogP contribution in [0, 0.1) is 5.92 Å². The minimum absolute atomic E-state index is 0.0632. The van der Waals surface area contributed by atoms with E-state index >= 15 is 0 Å². The summed E-state index contributed by atoms with van der Waals surface area (Å²) in [6.07, 6.45) is 45.1. The van der Waals surface area contributed by atoms with Crippen LogP contribution in [0.5, 0.6) is 0 Å². The van der Waals surface area contributed by atoms with Crippen LogP contribution in [0.3, 0.4) is 0 Å². The zero-order valence-corrected chi connectivity index (χ0v) is 38.1. The predicted octanol–water partition coefficient (Wildman–Crippen LogP) is 15.9. The number of unbranched alkanes of at least 4 members (excludes halogenated alkanes) is 32. The molecular weight excluding hydrogens is 697 g/mol. The fourth-order valence-corrected chi connectivity index (χ4v) is 7.51. The lowest BCUT2D eigenvalue weighted by molar-refractivity contribution is -0.167. The topological polar surface area (TPSA) is 78.9 Å². The lowest BCUT2D eigenvalue weighted by atomic mass is 10.0. The maximum absolute atomic E-state index is 12.8. The van der Waals surface area contributed by atoms with Crippen LogP contribution in [0.2, 0.25) is 0 Å². The minimum Gasteiger partial charge on any atom is -0.462 e. The molecule has 0 amide bonds. The Kier molecular flexibility index (Phi) is 43.2. The second-order valence-electron chi connectivity index (χ2n) is 17.6. The van der Waals surface area contributed by atoms with Gasteiger partial charge in [-0.15, -0.1) is 0 Å². The van der Waals surface area contributed by atoms with E-state index in [9.17, 15) is 14.4 Å². The second-order valence-corrected chi connectivity index (χ2v) is 17.6. The third-order valence-electron chi connectivity index (χ3n) is 11.3. The van der Waals surface area contributed by atoms with Gasteiger partial charge >= 0.3 is 17.9 Å². The summed E-state index contributed by atoms with van der Waals surface area (Å²) in [5.74, 6) is -0.0394. The molecule has 0 heterocycles. The standard InChI is InChI=1S/C50H96O6/c1-5-7-9-11-13-15-17-19-20-22-26-31-35-39-43-50(53)56-47(44-54-48(51)41-37-33-29-25-21-18-16-14-12-10-8-6-2)45-55-49(52)42-38-34-30-27-23-24-28-32-36-40-46(3)4/h46-47H,5-45H2,1-4H3/t47-/m1/s1. The first-order chi connectivity index (χ1) is 27.4. The van der Waals surface area contributed by atoms with Crippen LogP contribution in [0.1, 0.15) is 278 Å². The van der Waals surface area contributed by atoms with Crippen LogP contribution < -0.4 is 0 Å². The maximum Gasteiger partial charge on any atom is 0.306 e. The summed E-state index contributed by atoms with van der Waals surface area (Å²) in [7, 11) is 0. The Morgan fingerprint density at radius 2 is 0.589 bits per heavy atom. The lowest BCUT2D eigenvalue weighted by Gasteiger charge is -2.18. The van der Waals surface area contributed by atoms with Crippen molar-refractivity contribution >= 4 is 17.9 Å². The Morgan fingerprint density at radius 3 is 0.875 bits per heavy atom. The molecule has 6 nitrogen and oxygen atoms in total. The highest BCUT2D eigenvalue weighted by molar-refractivity contribution is 5.71. The summed E-state index contributed by atoms with van der Waals surface area (Å²) in [5, 5.41) is 0. The summed E-state index contributed by atoms with van der Waals surface area (Å²) >= 11 is 0. The number of esters is 3. The summed E-state index contributed by atoms with van der Waals surface area (Å²) in [6, 6.07) is 0. The molecule has 1 atom stereocenters. The van der Waals surface area contributed by atoms with Gasteiger partial charge in [0.15, 0.2) is 6.10 Å². The van der Waals surface area contributed by atoms with Gasteiger partial charge in [0.1, 0.15) is 13.2 Å². The van der Waals surface area contributed by atoms with E-state index in [1.54, 1.807) is 0 Å². The molecule has 0 aromatic carbocycles. The van der Waals surface area contributed by atoms with E-state index in [4.69, 9.17) is 14.2 Å². The van der Waals surface area contributed by atoms with Gasteiger partial charge in [-0.3, -0.25) is 14.4 Å². The third kappa shape index (κ3) is 43.5. The third-order valence-corrected chi connectivity index (χ3v) is 11.3. The van der Waals surface area contributed by atoms with E-state index in [1.807, 2.05) is 0 Å². The monoisotopic (exact) mass is 793 g/mol. The molecule has 0 aromatic rings. The molecule has 0 saturated carbocycles. The summed E-state index contributed by atoms with van der Waals surface area (Å²) in [6.45, 7) is 8.99. The number of carbonyl (C=O) groups excluding carboxylic acids is 3. The van der Waals surface area contributed by atoms with Crippen LogP contribution in [-0.2, 0) is 28.6 Å². The van der Waals surface area contributed by atoms with Crippen molar-refractivity contribution in [1.82, 2.24) is 0 Å². The molecule has 332 valence electrons. The fraction of sp³-hybridized carbons (Fsp3) is 0.940. The fourth-order valence-electron chi connectivity index (χ4n) is 7.51. The van der Waals surface area contributed by atoms with Gasteiger partial charge in [0.05, 0.1) is 0 Å². The lowest BCUT2D eigenvalue weighted by Crippen LogP contribution is -2.30. The Morgan fingerprint density at radius 1 is 0.339 bits per heavy atom. The molecule has 6 heteroatoms. The zero-order valence-electron chi connectivity index (χ0n) is 38.1. The van der Waals surface area contributed by atoms with Gasteiger partial charge in [0, 0.05) is 19.3 Å². The summed E-state index contributed by atoms with van der Waals surface area (Å²) < 4.78 is 16.8. The molecule has 0 fully saturated rings. The number of rotatable bonds is 45. The average Bonchev–Trinajstić information content (AvgIpc) is 3.18. The van der Waals surface area contributed by atoms with Crippen molar-refractivity contribution in [3.8, 4) is 0 Å².